The summed E-state index contributed by atoms with van der Waals surface area (Å²) < 4.78 is 26.6. The first-order chi connectivity index (χ1) is 12.9. The maximum atomic E-state index is 12.5. The van der Waals surface area contributed by atoms with Gasteiger partial charge in [0.05, 0.1) is 5.69 Å². The molecule has 0 spiro atoms. The Bertz CT molecular complexity index is 1030. The minimum Gasteiger partial charge on any atom is -0.348 e. The Labute approximate surface area is 167 Å². The Morgan fingerprint density at radius 3 is 2.48 bits per heavy atom. The summed E-state index contributed by atoms with van der Waals surface area (Å²) in [4.78, 5) is 12.3. The van der Waals surface area contributed by atoms with Crippen molar-refractivity contribution in [3.05, 3.63) is 82.2 Å². The first kappa shape index (κ1) is 19.4. The maximum Gasteiger partial charge on any atom is 0.273 e. The molecule has 5 nitrogen and oxygen atoms in total. The Kier molecular flexibility index (Phi) is 5.84. The van der Waals surface area contributed by atoms with E-state index in [4.69, 9.17) is 11.6 Å². The fourth-order valence-corrected chi connectivity index (χ4v) is 5.01. The van der Waals surface area contributed by atoms with E-state index < -0.39 is 10.0 Å². The SMILES string of the molecule is CN(c1ccc(C(=O)NCc2cccc(Cl)c2)cc1)S(=O)(=O)c1cccs1. The predicted octanol–water partition coefficient (Wildman–Crippen LogP) is 4.16. The van der Waals surface area contributed by atoms with E-state index in [9.17, 15) is 13.2 Å². The number of hydrogen-bond acceptors (Lipinski definition) is 4. The average molecular weight is 421 g/mol. The number of halogens is 1. The molecule has 0 atom stereocenters. The Balaban J connectivity index is 1.68. The molecular weight excluding hydrogens is 404 g/mol. The van der Waals surface area contributed by atoms with E-state index in [0.29, 0.717) is 22.8 Å². The molecule has 0 saturated carbocycles. The number of benzene rings is 2. The van der Waals surface area contributed by atoms with Crippen molar-refractivity contribution in [3.8, 4) is 0 Å². The summed E-state index contributed by atoms with van der Waals surface area (Å²) in [5.41, 5.74) is 1.83. The van der Waals surface area contributed by atoms with Crippen molar-refractivity contribution in [3.63, 3.8) is 0 Å². The van der Waals surface area contributed by atoms with Crippen molar-refractivity contribution in [2.75, 3.05) is 11.4 Å². The number of carbonyl (C=O) groups excluding carboxylic acids is 1. The van der Waals surface area contributed by atoms with Gasteiger partial charge in [-0.15, -0.1) is 11.3 Å². The monoisotopic (exact) mass is 420 g/mol. The lowest BCUT2D eigenvalue weighted by Gasteiger charge is -2.18. The van der Waals surface area contributed by atoms with Crippen LogP contribution in [0.5, 0.6) is 0 Å². The molecule has 140 valence electrons. The van der Waals surface area contributed by atoms with E-state index in [1.807, 2.05) is 12.1 Å². The maximum absolute atomic E-state index is 12.5. The molecular formula is C19H17ClN2O3S2. The molecule has 3 rings (SSSR count). The lowest BCUT2D eigenvalue weighted by molar-refractivity contribution is 0.0951. The molecule has 0 unspecified atom stereocenters. The van der Waals surface area contributed by atoms with E-state index in [2.05, 4.69) is 5.32 Å². The van der Waals surface area contributed by atoms with Crippen LogP contribution in [0.15, 0.2) is 70.3 Å². The first-order valence-corrected chi connectivity index (χ1v) is 10.7. The van der Waals surface area contributed by atoms with E-state index in [-0.39, 0.29) is 10.1 Å². The Morgan fingerprint density at radius 1 is 1.11 bits per heavy atom. The molecule has 1 aromatic heterocycles. The molecule has 0 saturated heterocycles. The number of sulfonamides is 1. The molecule has 0 aliphatic heterocycles. The predicted molar refractivity (Wildman–Crippen MR) is 109 cm³/mol. The highest BCUT2D eigenvalue weighted by atomic mass is 35.5. The topological polar surface area (TPSA) is 66.5 Å². The second-order valence-corrected chi connectivity index (χ2v) is 9.34. The van der Waals surface area contributed by atoms with Crippen LogP contribution in [0.3, 0.4) is 0 Å². The minimum atomic E-state index is -3.59. The fourth-order valence-electron chi connectivity index (χ4n) is 2.44. The van der Waals surface area contributed by atoms with Gasteiger partial charge in [-0.2, -0.15) is 0 Å². The van der Waals surface area contributed by atoms with Gasteiger partial charge in [0.15, 0.2) is 0 Å². The third-order valence-electron chi connectivity index (χ3n) is 3.95. The third kappa shape index (κ3) is 4.50. The number of amides is 1. The van der Waals surface area contributed by atoms with Crippen molar-refractivity contribution < 1.29 is 13.2 Å². The molecule has 1 amide bonds. The normalized spacial score (nSPS) is 11.2. The van der Waals surface area contributed by atoms with Crippen LogP contribution in [-0.4, -0.2) is 21.4 Å². The molecule has 1 N–H and O–H groups in total. The highest BCUT2D eigenvalue weighted by Gasteiger charge is 2.22. The second kappa shape index (κ2) is 8.12. The van der Waals surface area contributed by atoms with E-state index >= 15 is 0 Å². The van der Waals surface area contributed by atoms with Gasteiger partial charge in [0, 0.05) is 24.2 Å². The number of nitrogens with zero attached hydrogens (tertiary/aromatic N) is 1. The van der Waals surface area contributed by atoms with E-state index in [1.54, 1.807) is 53.9 Å². The van der Waals surface area contributed by atoms with Crippen LogP contribution in [0.1, 0.15) is 15.9 Å². The standard InChI is InChI=1S/C19H17ClN2O3S2/c1-22(27(24,25)18-6-3-11-26-18)17-9-7-15(8-10-17)19(23)21-13-14-4-2-5-16(20)12-14/h2-12H,13H2,1H3,(H,21,23). The number of carbonyl (C=O) groups is 1. The van der Waals surface area contributed by atoms with Gasteiger partial charge in [-0.25, -0.2) is 8.42 Å². The molecule has 0 fully saturated rings. The van der Waals surface area contributed by atoms with Gasteiger partial charge in [-0.1, -0.05) is 29.8 Å². The quantitative estimate of drug-likeness (QED) is 0.651. The summed E-state index contributed by atoms with van der Waals surface area (Å²) in [6.07, 6.45) is 0. The fraction of sp³-hybridized carbons (Fsp3) is 0.105. The smallest absolute Gasteiger partial charge is 0.273 e. The van der Waals surface area contributed by atoms with Crippen LogP contribution in [0.2, 0.25) is 5.02 Å². The molecule has 3 aromatic rings. The number of thiophene rings is 1. The number of anilines is 1. The molecule has 27 heavy (non-hydrogen) atoms. The van der Waals surface area contributed by atoms with Gasteiger partial charge >= 0.3 is 0 Å². The van der Waals surface area contributed by atoms with Crippen molar-refractivity contribution in [2.24, 2.45) is 0 Å². The van der Waals surface area contributed by atoms with Crippen molar-refractivity contribution in [2.45, 2.75) is 10.8 Å². The summed E-state index contributed by atoms with van der Waals surface area (Å²) in [7, 11) is -2.10. The van der Waals surface area contributed by atoms with Gasteiger partial charge in [-0.05, 0) is 53.4 Å². The number of hydrogen-bond donors (Lipinski definition) is 1. The summed E-state index contributed by atoms with van der Waals surface area (Å²) in [6.45, 7) is 0.355. The third-order valence-corrected chi connectivity index (χ3v) is 7.34. The summed E-state index contributed by atoms with van der Waals surface area (Å²) in [6, 6.07) is 16.9. The van der Waals surface area contributed by atoms with Crippen LogP contribution in [0, 0.1) is 0 Å². The molecule has 0 aliphatic rings. The van der Waals surface area contributed by atoms with Gasteiger partial charge in [0.1, 0.15) is 4.21 Å². The van der Waals surface area contributed by atoms with Gasteiger partial charge in [-0.3, -0.25) is 9.10 Å². The van der Waals surface area contributed by atoms with Crippen molar-refractivity contribution >= 4 is 44.6 Å². The lowest BCUT2D eigenvalue weighted by atomic mass is 10.2. The lowest BCUT2D eigenvalue weighted by Crippen LogP contribution is -2.26. The molecule has 0 radical (unpaired) electrons. The summed E-state index contributed by atoms with van der Waals surface area (Å²) in [5.74, 6) is -0.245. The summed E-state index contributed by atoms with van der Waals surface area (Å²) >= 11 is 7.10. The average Bonchev–Trinajstić information content (AvgIpc) is 3.21. The molecule has 0 bridgehead atoms. The highest BCUT2D eigenvalue weighted by molar-refractivity contribution is 7.94. The molecule has 2 aromatic carbocycles. The van der Waals surface area contributed by atoms with Gasteiger partial charge in [0.25, 0.3) is 15.9 Å². The van der Waals surface area contributed by atoms with Crippen LogP contribution in [0.4, 0.5) is 5.69 Å². The van der Waals surface area contributed by atoms with Gasteiger partial charge in [0.2, 0.25) is 0 Å². The molecule has 0 aliphatic carbocycles. The molecule has 8 heteroatoms. The minimum absolute atomic E-state index is 0.245. The zero-order valence-electron chi connectivity index (χ0n) is 14.4. The largest absolute Gasteiger partial charge is 0.348 e. The van der Waals surface area contributed by atoms with Crippen molar-refractivity contribution in [1.82, 2.24) is 5.32 Å². The Morgan fingerprint density at radius 2 is 1.85 bits per heavy atom. The Hall–Kier alpha value is -2.35. The van der Waals surface area contributed by atoms with Crippen LogP contribution < -0.4 is 9.62 Å². The highest BCUT2D eigenvalue weighted by Crippen LogP contribution is 2.25. The van der Waals surface area contributed by atoms with E-state index in [0.717, 1.165) is 16.9 Å². The summed E-state index contributed by atoms with van der Waals surface area (Å²) in [5, 5.41) is 5.14. The van der Waals surface area contributed by atoms with Crippen LogP contribution in [0.25, 0.3) is 0 Å². The van der Waals surface area contributed by atoms with E-state index in [1.165, 1.54) is 11.4 Å². The zero-order valence-corrected chi connectivity index (χ0v) is 16.8. The zero-order chi connectivity index (χ0) is 19.4. The number of rotatable bonds is 6. The first-order valence-electron chi connectivity index (χ1n) is 8.03. The van der Waals surface area contributed by atoms with Gasteiger partial charge < -0.3 is 5.32 Å². The van der Waals surface area contributed by atoms with Crippen molar-refractivity contribution in [1.29, 1.82) is 0 Å². The van der Waals surface area contributed by atoms with Crippen LogP contribution in [-0.2, 0) is 16.6 Å². The molecule has 1 heterocycles. The number of nitrogens with one attached hydrogen (secondary N) is 1. The van der Waals surface area contributed by atoms with Crippen LogP contribution >= 0.6 is 22.9 Å². The second-order valence-electron chi connectivity index (χ2n) is 5.76.